The van der Waals surface area contributed by atoms with Gasteiger partial charge in [-0.1, -0.05) is 45.4 Å². The molecule has 1 aliphatic heterocycles. The van der Waals surface area contributed by atoms with Crippen LogP contribution in [-0.2, 0) is 13.5 Å². The molecule has 0 radical (unpaired) electrons. The van der Waals surface area contributed by atoms with E-state index < -0.39 is 0 Å². The lowest BCUT2D eigenvalue weighted by Crippen LogP contribution is -2.39. The normalized spacial score (nSPS) is 20.2. The van der Waals surface area contributed by atoms with Crippen LogP contribution in [0.4, 0.5) is 5.95 Å². The van der Waals surface area contributed by atoms with Crippen molar-refractivity contribution < 1.29 is 0 Å². The molecule has 7 heteroatoms. The summed E-state index contributed by atoms with van der Waals surface area (Å²) in [6.07, 6.45) is 12.2. The van der Waals surface area contributed by atoms with Gasteiger partial charge in [0, 0.05) is 13.1 Å². The second-order valence-corrected chi connectivity index (χ2v) is 9.01. The van der Waals surface area contributed by atoms with Crippen LogP contribution in [0.2, 0.25) is 0 Å². The molecule has 1 saturated carbocycles. The molecule has 1 unspecified atom stereocenters. The van der Waals surface area contributed by atoms with E-state index in [2.05, 4.69) is 27.6 Å². The van der Waals surface area contributed by atoms with Crippen molar-refractivity contribution in [3.63, 3.8) is 0 Å². The summed E-state index contributed by atoms with van der Waals surface area (Å²) < 4.78 is 1.67. The van der Waals surface area contributed by atoms with Gasteiger partial charge in [-0.15, -0.1) is 0 Å². The van der Waals surface area contributed by atoms with Crippen LogP contribution in [0, 0.1) is 11.8 Å². The third kappa shape index (κ3) is 4.65. The standard InChI is InChI=1S/C22H36N6O/c1-3-7-17-19-20(28(2)27-17)21(29)26-22(25-19)24-18(16-10-12-23-13-11-16)14-15-8-5-4-6-9-15/h15-16,18,23H,3-14H2,1-2H3,(H2,24,25,26,29). The van der Waals surface area contributed by atoms with Gasteiger partial charge in [0.05, 0.1) is 5.69 Å². The van der Waals surface area contributed by atoms with Crippen LogP contribution < -0.4 is 16.2 Å². The number of fused-ring (bicyclic) bond motifs is 1. The van der Waals surface area contributed by atoms with Gasteiger partial charge in [0.2, 0.25) is 5.95 Å². The summed E-state index contributed by atoms with van der Waals surface area (Å²) >= 11 is 0. The van der Waals surface area contributed by atoms with Crippen LogP contribution >= 0.6 is 0 Å². The molecular weight excluding hydrogens is 364 g/mol. The molecule has 160 valence electrons. The van der Waals surface area contributed by atoms with E-state index in [-0.39, 0.29) is 5.56 Å². The molecule has 3 N–H and O–H groups in total. The van der Waals surface area contributed by atoms with Crippen molar-refractivity contribution >= 4 is 17.0 Å². The summed E-state index contributed by atoms with van der Waals surface area (Å²) in [5.41, 5.74) is 2.15. The van der Waals surface area contributed by atoms with Gasteiger partial charge in [0.1, 0.15) is 5.52 Å². The summed E-state index contributed by atoms with van der Waals surface area (Å²) in [5.74, 6) is 2.04. The zero-order valence-electron chi connectivity index (χ0n) is 18.0. The zero-order chi connectivity index (χ0) is 20.2. The molecule has 29 heavy (non-hydrogen) atoms. The van der Waals surface area contributed by atoms with Gasteiger partial charge in [0.15, 0.2) is 5.52 Å². The Hall–Kier alpha value is -1.89. The average molecular weight is 401 g/mol. The molecule has 3 heterocycles. The third-order valence-corrected chi connectivity index (χ3v) is 6.84. The minimum Gasteiger partial charge on any atom is -0.353 e. The molecule has 2 aromatic heterocycles. The minimum absolute atomic E-state index is 0.100. The highest BCUT2D eigenvalue weighted by atomic mass is 16.1. The summed E-state index contributed by atoms with van der Waals surface area (Å²) in [5, 5.41) is 11.7. The molecule has 7 nitrogen and oxygen atoms in total. The number of H-pyrrole nitrogens is 1. The maximum absolute atomic E-state index is 12.8. The second-order valence-electron chi connectivity index (χ2n) is 9.01. The molecule has 1 aliphatic carbocycles. The highest BCUT2D eigenvalue weighted by molar-refractivity contribution is 5.77. The van der Waals surface area contributed by atoms with Gasteiger partial charge in [-0.2, -0.15) is 5.10 Å². The first kappa shape index (κ1) is 20.4. The molecule has 0 aromatic carbocycles. The predicted octanol–water partition coefficient (Wildman–Crippen LogP) is 3.36. The monoisotopic (exact) mass is 400 g/mol. The summed E-state index contributed by atoms with van der Waals surface area (Å²) in [7, 11) is 1.83. The van der Waals surface area contributed by atoms with E-state index in [1.807, 2.05) is 7.05 Å². The van der Waals surface area contributed by atoms with Crippen molar-refractivity contribution in [2.24, 2.45) is 18.9 Å². The Kier molecular flexibility index (Phi) is 6.53. The van der Waals surface area contributed by atoms with Crippen LogP contribution in [0.5, 0.6) is 0 Å². The summed E-state index contributed by atoms with van der Waals surface area (Å²) in [6.45, 7) is 4.30. The molecule has 0 bridgehead atoms. The summed E-state index contributed by atoms with van der Waals surface area (Å²) in [4.78, 5) is 20.6. The van der Waals surface area contributed by atoms with E-state index in [1.165, 1.54) is 51.4 Å². The molecule has 1 saturated heterocycles. The van der Waals surface area contributed by atoms with Gasteiger partial charge in [-0.25, -0.2) is 4.98 Å². The maximum atomic E-state index is 12.8. The Bertz CT molecular complexity index is 860. The van der Waals surface area contributed by atoms with E-state index in [4.69, 9.17) is 4.98 Å². The quantitative estimate of drug-likeness (QED) is 0.663. The van der Waals surface area contributed by atoms with E-state index in [1.54, 1.807) is 4.68 Å². The number of hydrogen-bond donors (Lipinski definition) is 3. The SMILES string of the molecule is CCCc1nn(C)c2c(=O)[nH]c(NC(CC3CCCCC3)C3CCNCC3)nc12. The summed E-state index contributed by atoms with van der Waals surface area (Å²) in [6, 6.07) is 0.368. The number of anilines is 1. The average Bonchev–Trinajstić information content (AvgIpc) is 3.05. The fourth-order valence-electron chi connectivity index (χ4n) is 5.29. The molecule has 1 atom stereocenters. The molecule has 2 fully saturated rings. The van der Waals surface area contributed by atoms with Crippen molar-refractivity contribution in [3.8, 4) is 0 Å². The van der Waals surface area contributed by atoms with Gasteiger partial charge < -0.3 is 10.6 Å². The van der Waals surface area contributed by atoms with Crippen molar-refractivity contribution in [3.05, 3.63) is 16.0 Å². The fraction of sp³-hybridized carbons (Fsp3) is 0.773. The lowest BCUT2D eigenvalue weighted by atomic mass is 9.79. The van der Waals surface area contributed by atoms with Gasteiger partial charge >= 0.3 is 0 Å². The van der Waals surface area contributed by atoms with Gasteiger partial charge in [0.25, 0.3) is 5.56 Å². The first-order valence-electron chi connectivity index (χ1n) is 11.6. The number of rotatable bonds is 7. The Morgan fingerprint density at radius 2 is 1.93 bits per heavy atom. The van der Waals surface area contributed by atoms with Crippen molar-refractivity contribution in [2.45, 2.75) is 77.2 Å². The van der Waals surface area contributed by atoms with Gasteiger partial charge in [-0.05, 0) is 50.6 Å². The number of hydrogen-bond acceptors (Lipinski definition) is 5. The number of aromatic amines is 1. The lowest BCUT2D eigenvalue weighted by Gasteiger charge is -2.35. The number of aromatic nitrogens is 4. The van der Waals surface area contributed by atoms with Crippen molar-refractivity contribution in [1.29, 1.82) is 0 Å². The van der Waals surface area contributed by atoms with Crippen molar-refractivity contribution in [2.75, 3.05) is 18.4 Å². The molecule has 0 spiro atoms. The third-order valence-electron chi connectivity index (χ3n) is 6.84. The first-order chi connectivity index (χ1) is 14.2. The number of piperidine rings is 1. The minimum atomic E-state index is -0.100. The highest BCUT2D eigenvalue weighted by Crippen LogP contribution is 2.32. The number of nitrogens with zero attached hydrogens (tertiary/aromatic N) is 3. The van der Waals surface area contributed by atoms with Crippen LogP contribution in [0.25, 0.3) is 11.0 Å². The largest absolute Gasteiger partial charge is 0.353 e. The van der Waals surface area contributed by atoms with Crippen LogP contribution in [-0.4, -0.2) is 38.9 Å². The van der Waals surface area contributed by atoms with Crippen molar-refractivity contribution in [1.82, 2.24) is 25.1 Å². The number of aryl methyl sites for hydroxylation is 2. The van der Waals surface area contributed by atoms with Crippen LogP contribution in [0.3, 0.4) is 0 Å². The fourth-order valence-corrected chi connectivity index (χ4v) is 5.29. The first-order valence-corrected chi connectivity index (χ1v) is 11.6. The second kappa shape index (κ2) is 9.28. The highest BCUT2D eigenvalue weighted by Gasteiger charge is 2.28. The number of nitrogens with one attached hydrogen (secondary N) is 3. The van der Waals surface area contributed by atoms with E-state index >= 15 is 0 Å². The van der Waals surface area contributed by atoms with Crippen LogP contribution in [0.15, 0.2) is 4.79 Å². The van der Waals surface area contributed by atoms with E-state index in [9.17, 15) is 4.79 Å². The maximum Gasteiger partial charge on any atom is 0.278 e. The van der Waals surface area contributed by atoms with Crippen LogP contribution in [0.1, 0.15) is 70.4 Å². The molecule has 2 aromatic rings. The zero-order valence-corrected chi connectivity index (χ0v) is 18.0. The Morgan fingerprint density at radius 1 is 1.17 bits per heavy atom. The lowest BCUT2D eigenvalue weighted by molar-refractivity contribution is 0.259. The Labute approximate surface area is 173 Å². The Morgan fingerprint density at radius 3 is 2.66 bits per heavy atom. The molecular formula is C22H36N6O. The molecule has 4 rings (SSSR count). The molecule has 2 aliphatic rings. The smallest absolute Gasteiger partial charge is 0.278 e. The Balaban J connectivity index is 1.60. The molecule has 0 amide bonds. The van der Waals surface area contributed by atoms with Gasteiger partial charge in [-0.3, -0.25) is 14.5 Å². The predicted molar refractivity (Wildman–Crippen MR) is 117 cm³/mol. The topological polar surface area (TPSA) is 87.6 Å². The van der Waals surface area contributed by atoms with E-state index in [0.717, 1.165) is 43.1 Å². The van der Waals surface area contributed by atoms with E-state index in [0.29, 0.717) is 23.4 Å².